The van der Waals surface area contributed by atoms with E-state index >= 15 is 0 Å². The number of carbonyl (C=O) groups is 2. The Morgan fingerprint density at radius 2 is 1.84 bits per heavy atom. The normalized spacial score (nSPS) is 13.9. The quantitative estimate of drug-likeness (QED) is 0.837. The van der Waals surface area contributed by atoms with Crippen LogP contribution in [0, 0.1) is 0 Å². The van der Waals surface area contributed by atoms with Gasteiger partial charge in [0.1, 0.15) is 0 Å². The maximum Gasteiger partial charge on any atom is 0.255 e. The van der Waals surface area contributed by atoms with E-state index in [4.69, 9.17) is 0 Å². The van der Waals surface area contributed by atoms with Crippen LogP contribution in [-0.4, -0.2) is 42.3 Å². The largest absolute Gasteiger partial charge is 0.352 e. The lowest BCUT2D eigenvalue weighted by atomic mass is 10.1. The molecule has 2 aromatic carbocycles. The fraction of sp³-hybridized carbons (Fsp3) is 0.368. The molecule has 0 saturated heterocycles. The van der Waals surface area contributed by atoms with Gasteiger partial charge in [0.25, 0.3) is 12.3 Å². The second-order valence-electron chi connectivity index (χ2n) is 6.24. The number of rotatable bonds is 7. The molecule has 0 spiro atoms. The lowest BCUT2D eigenvalue weighted by Gasteiger charge is -2.22. The third-order valence-electron chi connectivity index (χ3n) is 4.28. The van der Waals surface area contributed by atoms with Gasteiger partial charge in [-0.05, 0) is 35.7 Å². The highest BCUT2D eigenvalue weighted by atomic mass is 19.3. The van der Waals surface area contributed by atoms with Gasteiger partial charge in [0.15, 0.2) is 0 Å². The zero-order valence-electron chi connectivity index (χ0n) is 13.8. The molecular formula is C19H20F2N2O2. The van der Waals surface area contributed by atoms with Crippen molar-refractivity contribution < 1.29 is 18.4 Å². The van der Waals surface area contributed by atoms with Gasteiger partial charge in [-0.2, -0.15) is 0 Å². The molecule has 6 heteroatoms. The average molecular weight is 346 g/mol. The Kier molecular flexibility index (Phi) is 5.26. The Balaban J connectivity index is 1.53. The van der Waals surface area contributed by atoms with Crippen molar-refractivity contribution in [3.8, 4) is 0 Å². The number of alkyl halides is 2. The number of hydrogen-bond acceptors (Lipinski definition) is 2. The van der Waals surface area contributed by atoms with E-state index in [1.54, 1.807) is 12.1 Å². The Morgan fingerprint density at radius 1 is 1.12 bits per heavy atom. The molecule has 0 aromatic heterocycles. The molecule has 3 rings (SSSR count). The Morgan fingerprint density at radius 3 is 2.52 bits per heavy atom. The summed E-state index contributed by atoms with van der Waals surface area (Å²) in [5.74, 6) is -0.605. The maximum absolute atomic E-state index is 12.6. The van der Waals surface area contributed by atoms with E-state index in [9.17, 15) is 18.4 Å². The minimum Gasteiger partial charge on any atom is -0.352 e. The molecule has 0 heterocycles. The molecule has 1 aliphatic carbocycles. The molecule has 2 aromatic rings. The average Bonchev–Trinajstić information content (AvgIpc) is 3.43. The Bertz CT molecular complexity index is 775. The smallest absolute Gasteiger partial charge is 0.255 e. The van der Waals surface area contributed by atoms with Crippen LogP contribution < -0.4 is 5.32 Å². The minimum absolute atomic E-state index is 0.0303. The van der Waals surface area contributed by atoms with Crippen LogP contribution in [0.4, 0.5) is 8.78 Å². The molecule has 1 saturated carbocycles. The summed E-state index contributed by atoms with van der Waals surface area (Å²) < 4.78 is 25.1. The summed E-state index contributed by atoms with van der Waals surface area (Å²) in [5, 5.41) is 4.69. The van der Waals surface area contributed by atoms with E-state index in [-0.39, 0.29) is 30.8 Å². The zero-order valence-corrected chi connectivity index (χ0v) is 13.8. The summed E-state index contributed by atoms with van der Waals surface area (Å²) in [6.45, 7) is -0.390. The van der Waals surface area contributed by atoms with E-state index < -0.39 is 13.0 Å². The van der Waals surface area contributed by atoms with Gasteiger partial charge in [-0.15, -0.1) is 0 Å². The van der Waals surface area contributed by atoms with E-state index in [2.05, 4.69) is 5.32 Å². The molecule has 1 N–H and O–H groups in total. The predicted octanol–water partition coefficient (Wildman–Crippen LogP) is 3.22. The molecule has 1 fully saturated rings. The number of nitrogens with zero attached hydrogens (tertiary/aromatic N) is 1. The lowest BCUT2D eigenvalue weighted by molar-refractivity contribution is -0.133. The van der Waals surface area contributed by atoms with E-state index in [0.717, 1.165) is 23.6 Å². The van der Waals surface area contributed by atoms with Gasteiger partial charge >= 0.3 is 0 Å². The van der Waals surface area contributed by atoms with Crippen molar-refractivity contribution in [1.82, 2.24) is 10.2 Å². The van der Waals surface area contributed by atoms with Crippen LogP contribution in [0.5, 0.6) is 0 Å². The number of halogens is 2. The SMILES string of the molecule is O=C(NCCC(=O)N(CC(F)F)C1CC1)c1ccc2ccccc2c1. The maximum atomic E-state index is 12.6. The van der Waals surface area contributed by atoms with Crippen molar-refractivity contribution in [2.75, 3.05) is 13.1 Å². The van der Waals surface area contributed by atoms with Crippen molar-refractivity contribution in [1.29, 1.82) is 0 Å². The second kappa shape index (κ2) is 7.59. The molecule has 0 bridgehead atoms. The van der Waals surface area contributed by atoms with Crippen LogP contribution >= 0.6 is 0 Å². The summed E-state index contributed by atoms with van der Waals surface area (Å²) >= 11 is 0. The van der Waals surface area contributed by atoms with Crippen LogP contribution in [-0.2, 0) is 4.79 Å². The summed E-state index contributed by atoms with van der Waals surface area (Å²) in [4.78, 5) is 25.5. The van der Waals surface area contributed by atoms with Gasteiger partial charge in [-0.1, -0.05) is 30.3 Å². The highest BCUT2D eigenvalue weighted by Gasteiger charge is 2.33. The van der Waals surface area contributed by atoms with Gasteiger partial charge in [-0.25, -0.2) is 8.78 Å². The van der Waals surface area contributed by atoms with Crippen LogP contribution in [0.2, 0.25) is 0 Å². The summed E-state index contributed by atoms with van der Waals surface area (Å²) in [6, 6.07) is 13.0. The number of fused-ring (bicyclic) bond motifs is 1. The van der Waals surface area contributed by atoms with Crippen LogP contribution in [0.25, 0.3) is 10.8 Å². The topological polar surface area (TPSA) is 49.4 Å². The van der Waals surface area contributed by atoms with Crippen molar-refractivity contribution in [3.05, 3.63) is 48.0 Å². The summed E-state index contributed by atoms with van der Waals surface area (Å²) in [7, 11) is 0. The van der Waals surface area contributed by atoms with E-state index in [1.807, 2.05) is 30.3 Å². The summed E-state index contributed by atoms with van der Waals surface area (Å²) in [5.41, 5.74) is 0.512. The number of nitrogens with one attached hydrogen (secondary N) is 1. The zero-order chi connectivity index (χ0) is 17.8. The van der Waals surface area contributed by atoms with Gasteiger partial charge in [0.05, 0.1) is 6.54 Å². The molecule has 4 nitrogen and oxygen atoms in total. The summed E-state index contributed by atoms with van der Waals surface area (Å²) in [6.07, 6.45) is -0.941. The number of carbonyl (C=O) groups excluding carboxylic acids is 2. The molecule has 132 valence electrons. The molecule has 25 heavy (non-hydrogen) atoms. The van der Waals surface area contributed by atoms with Gasteiger partial charge in [0, 0.05) is 24.6 Å². The monoisotopic (exact) mass is 346 g/mol. The number of benzene rings is 2. The van der Waals surface area contributed by atoms with Crippen molar-refractivity contribution in [3.63, 3.8) is 0 Å². The molecule has 0 radical (unpaired) electrons. The molecular weight excluding hydrogens is 326 g/mol. The van der Waals surface area contributed by atoms with Crippen molar-refractivity contribution >= 4 is 22.6 Å². The lowest BCUT2D eigenvalue weighted by Crippen LogP contribution is -2.39. The molecule has 0 unspecified atom stereocenters. The first kappa shape index (κ1) is 17.3. The van der Waals surface area contributed by atoms with Gasteiger partial charge < -0.3 is 10.2 Å². The van der Waals surface area contributed by atoms with Crippen molar-refractivity contribution in [2.45, 2.75) is 31.7 Å². The molecule has 2 amide bonds. The van der Waals surface area contributed by atoms with Gasteiger partial charge in [0.2, 0.25) is 5.91 Å². The van der Waals surface area contributed by atoms with Gasteiger partial charge in [-0.3, -0.25) is 9.59 Å². The first-order valence-electron chi connectivity index (χ1n) is 8.39. The van der Waals surface area contributed by atoms with E-state index in [0.29, 0.717) is 5.56 Å². The molecule has 0 atom stereocenters. The fourth-order valence-electron chi connectivity index (χ4n) is 2.85. The number of hydrogen-bond donors (Lipinski definition) is 1. The standard InChI is InChI=1S/C19H20F2N2O2/c20-17(21)12-23(16-7-8-16)18(24)9-10-22-19(25)15-6-5-13-3-1-2-4-14(13)11-15/h1-6,11,16-17H,7-10,12H2,(H,22,25). The first-order valence-corrected chi connectivity index (χ1v) is 8.39. The third-order valence-corrected chi connectivity index (χ3v) is 4.28. The highest BCUT2D eigenvalue weighted by Crippen LogP contribution is 2.27. The molecule has 1 aliphatic rings. The predicted molar refractivity (Wildman–Crippen MR) is 91.6 cm³/mol. The van der Waals surface area contributed by atoms with Crippen LogP contribution in [0.3, 0.4) is 0 Å². The Hall–Kier alpha value is -2.50. The minimum atomic E-state index is -2.53. The first-order chi connectivity index (χ1) is 12.0. The van der Waals surface area contributed by atoms with Crippen LogP contribution in [0.1, 0.15) is 29.6 Å². The third kappa shape index (κ3) is 4.53. The second-order valence-corrected chi connectivity index (χ2v) is 6.24. The highest BCUT2D eigenvalue weighted by molar-refractivity contribution is 5.98. The van der Waals surface area contributed by atoms with Crippen molar-refractivity contribution in [2.24, 2.45) is 0 Å². The van der Waals surface area contributed by atoms with E-state index in [1.165, 1.54) is 4.90 Å². The Labute approximate surface area is 144 Å². The number of amides is 2. The van der Waals surface area contributed by atoms with Crippen LogP contribution in [0.15, 0.2) is 42.5 Å². The molecule has 0 aliphatic heterocycles. The fourth-order valence-corrected chi connectivity index (χ4v) is 2.85.